The number of hydrogen-bond acceptors (Lipinski definition) is 2. The molecule has 0 aliphatic heterocycles. The van der Waals surface area contributed by atoms with Gasteiger partial charge in [0.05, 0.1) is 10.7 Å². The van der Waals surface area contributed by atoms with Gasteiger partial charge in [0.1, 0.15) is 0 Å². The van der Waals surface area contributed by atoms with E-state index in [2.05, 4.69) is 24.1 Å². The van der Waals surface area contributed by atoms with Gasteiger partial charge in [-0.2, -0.15) is 0 Å². The highest BCUT2D eigenvalue weighted by Gasteiger charge is 2.15. The summed E-state index contributed by atoms with van der Waals surface area (Å²) in [5.41, 5.74) is 3.35. The highest BCUT2D eigenvalue weighted by molar-refractivity contribution is 6.34. The summed E-state index contributed by atoms with van der Waals surface area (Å²) in [6.45, 7) is 8.85. The Bertz CT molecular complexity index is 661. The number of nitrogens with zero attached hydrogens (tertiary/aromatic N) is 1. The normalized spacial score (nSPS) is 10.8. The minimum atomic E-state index is -0.121. The molecular weight excluding hydrogens is 308 g/mol. The van der Waals surface area contributed by atoms with Gasteiger partial charge < -0.3 is 5.32 Å². The number of carbonyl (C=O) groups excluding carboxylic acids is 1. The quantitative estimate of drug-likeness (QED) is 0.829. The molecule has 2 aromatic carbocycles. The Hall–Kier alpha value is -1.84. The lowest BCUT2D eigenvalue weighted by Gasteiger charge is -2.20. The van der Waals surface area contributed by atoms with Crippen molar-refractivity contribution in [2.45, 2.75) is 27.3 Å². The van der Waals surface area contributed by atoms with Gasteiger partial charge in [-0.15, -0.1) is 0 Å². The third kappa shape index (κ3) is 4.34. The first-order chi connectivity index (χ1) is 11.1. The molecule has 0 unspecified atom stereocenters. The zero-order valence-corrected chi connectivity index (χ0v) is 14.7. The molecule has 0 spiro atoms. The summed E-state index contributed by atoms with van der Waals surface area (Å²) in [5, 5.41) is 3.51. The third-order valence-electron chi connectivity index (χ3n) is 4.01. The van der Waals surface area contributed by atoms with Crippen LogP contribution in [0.2, 0.25) is 5.02 Å². The largest absolute Gasteiger partial charge is 0.320 e. The first-order valence-corrected chi connectivity index (χ1v) is 8.31. The van der Waals surface area contributed by atoms with Crippen LogP contribution in [0.5, 0.6) is 0 Å². The van der Waals surface area contributed by atoms with Gasteiger partial charge in [0, 0.05) is 12.1 Å². The standard InChI is InChI=1S/C19H23ClN2O/c1-4-22(5-2)13-15-10-6-7-11-16(15)19(23)21-18-14(3)9-8-12-17(18)20/h6-12H,4-5,13H2,1-3H3,(H,21,23). The molecule has 23 heavy (non-hydrogen) atoms. The van der Waals surface area contributed by atoms with Gasteiger partial charge in [0.15, 0.2) is 0 Å². The molecule has 0 saturated heterocycles. The van der Waals surface area contributed by atoms with Gasteiger partial charge in [0.2, 0.25) is 0 Å². The highest BCUT2D eigenvalue weighted by atomic mass is 35.5. The average Bonchev–Trinajstić information content (AvgIpc) is 2.56. The number of nitrogens with one attached hydrogen (secondary N) is 1. The summed E-state index contributed by atoms with van der Waals surface area (Å²) in [5.74, 6) is -0.121. The van der Waals surface area contributed by atoms with E-state index in [1.807, 2.05) is 43.3 Å². The smallest absolute Gasteiger partial charge is 0.256 e. The van der Waals surface area contributed by atoms with Gasteiger partial charge in [-0.25, -0.2) is 0 Å². The molecule has 0 aliphatic rings. The zero-order valence-electron chi connectivity index (χ0n) is 13.9. The molecule has 0 aromatic heterocycles. The SMILES string of the molecule is CCN(CC)Cc1ccccc1C(=O)Nc1c(C)cccc1Cl. The highest BCUT2D eigenvalue weighted by Crippen LogP contribution is 2.26. The molecule has 0 aliphatic carbocycles. The molecule has 0 saturated carbocycles. The van der Waals surface area contributed by atoms with E-state index in [0.717, 1.165) is 30.8 Å². The van der Waals surface area contributed by atoms with E-state index >= 15 is 0 Å². The van der Waals surface area contributed by atoms with Crippen molar-refractivity contribution in [3.63, 3.8) is 0 Å². The number of rotatable bonds is 6. The van der Waals surface area contributed by atoms with Crippen molar-refractivity contribution >= 4 is 23.2 Å². The minimum Gasteiger partial charge on any atom is -0.320 e. The van der Waals surface area contributed by atoms with Crippen LogP contribution in [-0.4, -0.2) is 23.9 Å². The lowest BCUT2D eigenvalue weighted by molar-refractivity contribution is 0.102. The Labute approximate surface area is 143 Å². The van der Waals surface area contributed by atoms with Gasteiger partial charge in [0.25, 0.3) is 5.91 Å². The number of amides is 1. The van der Waals surface area contributed by atoms with Crippen LogP contribution in [0.25, 0.3) is 0 Å². The number of para-hydroxylation sites is 1. The Morgan fingerprint density at radius 3 is 2.43 bits per heavy atom. The van der Waals surface area contributed by atoms with E-state index in [4.69, 9.17) is 11.6 Å². The Morgan fingerprint density at radius 1 is 1.09 bits per heavy atom. The van der Waals surface area contributed by atoms with E-state index in [1.54, 1.807) is 6.07 Å². The van der Waals surface area contributed by atoms with Crippen molar-refractivity contribution in [2.75, 3.05) is 18.4 Å². The number of carbonyl (C=O) groups is 1. The van der Waals surface area contributed by atoms with Crippen LogP contribution in [0.1, 0.15) is 35.3 Å². The predicted octanol–water partition coefficient (Wildman–Crippen LogP) is 4.74. The molecule has 2 rings (SSSR count). The van der Waals surface area contributed by atoms with Crippen LogP contribution < -0.4 is 5.32 Å². The molecule has 0 fully saturated rings. The maximum Gasteiger partial charge on any atom is 0.256 e. The van der Waals surface area contributed by atoms with Crippen molar-refractivity contribution in [2.24, 2.45) is 0 Å². The Morgan fingerprint density at radius 2 is 1.78 bits per heavy atom. The van der Waals surface area contributed by atoms with Crippen LogP contribution in [-0.2, 0) is 6.54 Å². The lowest BCUT2D eigenvalue weighted by Crippen LogP contribution is -2.24. The number of aryl methyl sites for hydroxylation is 1. The van der Waals surface area contributed by atoms with Crippen molar-refractivity contribution in [3.05, 3.63) is 64.2 Å². The molecule has 1 N–H and O–H groups in total. The first kappa shape index (κ1) is 17.5. The monoisotopic (exact) mass is 330 g/mol. The summed E-state index contributed by atoms with van der Waals surface area (Å²) in [6, 6.07) is 13.3. The molecule has 1 amide bonds. The van der Waals surface area contributed by atoms with Crippen molar-refractivity contribution < 1.29 is 4.79 Å². The van der Waals surface area contributed by atoms with Crippen molar-refractivity contribution in [3.8, 4) is 0 Å². The van der Waals surface area contributed by atoms with E-state index in [0.29, 0.717) is 16.3 Å². The predicted molar refractivity (Wildman–Crippen MR) is 97.2 cm³/mol. The summed E-state index contributed by atoms with van der Waals surface area (Å²) in [6.07, 6.45) is 0. The molecule has 3 nitrogen and oxygen atoms in total. The van der Waals surface area contributed by atoms with E-state index in [9.17, 15) is 4.79 Å². The lowest BCUT2D eigenvalue weighted by atomic mass is 10.1. The number of halogens is 1. The number of anilines is 1. The number of hydrogen-bond donors (Lipinski definition) is 1. The topological polar surface area (TPSA) is 32.3 Å². The summed E-state index contributed by atoms with van der Waals surface area (Å²) in [4.78, 5) is 15.0. The van der Waals surface area contributed by atoms with Gasteiger partial charge >= 0.3 is 0 Å². The van der Waals surface area contributed by atoms with Crippen molar-refractivity contribution in [1.82, 2.24) is 4.90 Å². The second-order valence-electron chi connectivity index (χ2n) is 5.50. The second kappa shape index (κ2) is 8.14. The van der Waals surface area contributed by atoms with Crippen LogP contribution in [0.3, 0.4) is 0 Å². The molecule has 122 valence electrons. The maximum absolute atomic E-state index is 12.7. The Balaban J connectivity index is 2.26. The van der Waals surface area contributed by atoms with E-state index in [-0.39, 0.29) is 5.91 Å². The van der Waals surface area contributed by atoms with Gasteiger partial charge in [-0.05, 0) is 43.3 Å². The maximum atomic E-state index is 12.7. The molecule has 0 radical (unpaired) electrons. The molecule has 2 aromatic rings. The van der Waals surface area contributed by atoms with Crippen LogP contribution in [0.4, 0.5) is 5.69 Å². The first-order valence-electron chi connectivity index (χ1n) is 7.93. The second-order valence-corrected chi connectivity index (χ2v) is 5.91. The van der Waals surface area contributed by atoms with Crippen LogP contribution in [0.15, 0.2) is 42.5 Å². The van der Waals surface area contributed by atoms with Gasteiger partial charge in [-0.1, -0.05) is 55.8 Å². The molecule has 0 bridgehead atoms. The van der Waals surface area contributed by atoms with Crippen molar-refractivity contribution in [1.29, 1.82) is 0 Å². The molecule has 4 heteroatoms. The fourth-order valence-electron chi connectivity index (χ4n) is 2.54. The van der Waals surface area contributed by atoms with E-state index < -0.39 is 0 Å². The fourth-order valence-corrected chi connectivity index (χ4v) is 2.81. The summed E-state index contributed by atoms with van der Waals surface area (Å²) in [7, 11) is 0. The number of benzene rings is 2. The summed E-state index contributed by atoms with van der Waals surface area (Å²) >= 11 is 6.21. The molecule has 0 heterocycles. The van der Waals surface area contributed by atoms with Gasteiger partial charge in [-0.3, -0.25) is 9.69 Å². The fraction of sp³-hybridized carbons (Fsp3) is 0.316. The Kier molecular flexibility index (Phi) is 6.20. The average molecular weight is 331 g/mol. The minimum absolute atomic E-state index is 0.121. The zero-order chi connectivity index (χ0) is 16.8. The van der Waals surface area contributed by atoms with E-state index in [1.165, 1.54) is 0 Å². The molecule has 0 atom stereocenters. The third-order valence-corrected chi connectivity index (χ3v) is 4.33. The van der Waals surface area contributed by atoms with Crippen LogP contribution in [0, 0.1) is 6.92 Å². The van der Waals surface area contributed by atoms with Crippen LogP contribution >= 0.6 is 11.6 Å². The summed E-state index contributed by atoms with van der Waals surface area (Å²) < 4.78 is 0. The molecular formula is C19H23ClN2O.